The molecule has 0 unspecified atom stereocenters. The van der Waals surface area contributed by atoms with E-state index in [1.165, 1.54) is 0 Å². The van der Waals surface area contributed by atoms with Crippen molar-refractivity contribution in [2.45, 2.75) is 6.42 Å². The lowest BCUT2D eigenvalue weighted by atomic mass is 10.3. The number of hydrogen-bond donors (Lipinski definition) is 1. The van der Waals surface area contributed by atoms with Crippen molar-refractivity contribution in [3.63, 3.8) is 0 Å². The molecule has 1 fully saturated rings. The van der Waals surface area contributed by atoms with Crippen LogP contribution in [0.25, 0.3) is 0 Å². The van der Waals surface area contributed by atoms with Gasteiger partial charge < -0.3 is 9.84 Å². The number of aliphatic hydroxyl groups excluding tert-OH is 1. The van der Waals surface area contributed by atoms with Crippen molar-refractivity contribution in [1.82, 2.24) is 9.80 Å². The first-order valence-corrected chi connectivity index (χ1v) is 8.08. The Morgan fingerprint density at radius 1 is 1.05 bits per heavy atom. The third-order valence-corrected chi connectivity index (χ3v) is 4.19. The summed E-state index contributed by atoms with van der Waals surface area (Å²) in [5.74, 6) is 0.679. The number of nitrogens with zero attached hydrogens (tertiary/aromatic N) is 2. The first-order valence-electron chi connectivity index (χ1n) is 7.32. The molecule has 0 bridgehead atoms. The van der Waals surface area contributed by atoms with Crippen LogP contribution in [0.5, 0.6) is 5.75 Å². The maximum atomic E-state index is 8.99. The summed E-state index contributed by atoms with van der Waals surface area (Å²) in [5.41, 5.74) is 0. The zero-order chi connectivity index (χ0) is 15.1. The minimum atomic E-state index is 0.234. The highest BCUT2D eigenvalue weighted by molar-refractivity contribution is 6.35. The maximum Gasteiger partial charge on any atom is 0.138 e. The summed E-state index contributed by atoms with van der Waals surface area (Å²) in [7, 11) is 0. The molecule has 0 amide bonds. The topological polar surface area (TPSA) is 35.9 Å². The second-order valence-electron chi connectivity index (χ2n) is 5.18. The van der Waals surface area contributed by atoms with Crippen LogP contribution in [0, 0.1) is 0 Å². The smallest absolute Gasteiger partial charge is 0.138 e. The highest BCUT2D eigenvalue weighted by atomic mass is 35.5. The molecule has 6 heteroatoms. The van der Waals surface area contributed by atoms with Gasteiger partial charge in [-0.15, -0.1) is 0 Å². The minimum absolute atomic E-state index is 0.234. The Morgan fingerprint density at radius 3 is 2.43 bits per heavy atom. The molecule has 1 saturated heterocycles. The molecule has 2 rings (SSSR count). The SMILES string of the molecule is OCCN1CCCN(CCOc2ccc(Cl)cc2Cl)CC1. The van der Waals surface area contributed by atoms with Gasteiger partial charge in [0.05, 0.1) is 11.6 Å². The van der Waals surface area contributed by atoms with Gasteiger partial charge in [0.15, 0.2) is 0 Å². The van der Waals surface area contributed by atoms with Crippen LogP contribution >= 0.6 is 23.2 Å². The quantitative estimate of drug-likeness (QED) is 0.867. The summed E-state index contributed by atoms with van der Waals surface area (Å²) in [4.78, 5) is 4.69. The van der Waals surface area contributed by atoms with Crippen LogP contribution in [0.1, 0.15) is 6.42 Å². The summed E-state index contributed by atoms with van der Waals surface area (Å²) in [6.45, 7) is 6.64. The zero-order valence-corrected chi connectivity index (χ0v) is 13.6. The van der Waals surface area contributed by atoms with E-state index in [9.17, 15) is 0 Å². The van der Waals surface area contributed by atoms with E-state index in [0.717, 1.165) is 45.7 Å². The molecule has 1 aliphatic rings. The minimum Gasteiger partial charge on any atom is -0.491 e. The Morgan fingerprint density at radius 2 is 1.76 bits per heavy atom. The lowest BCUT2D eigenvalue weighted by Gasteiger charge is -2.21. The molecule has 0 radical (unpaired) electrons. The van der Waals surface area contributed by atoms with Gasteiger partial charge in [0, 0.05) is 31.2 Å². The van der Waals surface area contributed by atoms with Crippen molar-refractivity contribution in [2.75, 3.05) is 52.5 Å². The van der Waals surface area contributed by atoms with Gasteiger partial charge in [0.1, 0.15) is 12.4 Å². The van der Waals surface area contributed by atoms with Gasteiger partial charge in [-0.3, -0.25) is 9.80 Å². The van der Waals surface area contributed by atoms with Gasteiger partial charge in [-0.2, -0.15) is 0 Å². The molecule has 0 atom stereocenters. The standard InChI is InChI=1S/C15H22Cl2N2O2/c16-13-2-3-15(14(17)12-13)21-11-9-19-5-1-4-18(6-7-19)8-10-20/h2-3,12,20H,1,4-11H2. The van der Waals surface area contributed by atoms with E-state index >= 15 is 0 Å². The van der Waals surface area contributed by atoms with Crippen molar-refractivity contribution in [1.29, 1.82) is 0 Å². The van der Waals surface area contributed by atoms with Crippen LogP contribution < -0.4 is 4.74 Å². The lowest BCUT2D eigenvalue weighted by Crippen LogP contribution is -2.34. The van der Waals surface area contributed by atoms with E-state index in [1.54, 1.807) is 18.2 Å². The molecule has 4 nitrogen and oxygen atoms in total. The summed E-state index contributed by atoms with van der Waals surface area (Å²) < 4.78 is 5.72. The highest BCUT2D eigenvalue weighted by Crippen LogP contribution is 2.27. The molecule has 118 valence electrons. The number of rotatable bonds is 6. The Kier molecular flexibility index (Phi) is 7.07. The molecule has 1 aromatic carbocycles. The lowest BCUT2D eigenvalue weighted by molar-refractivity contribution is 0.188. The average Bonchev–Trinajstić information content (AvgIpc) is 2.67. The summed E-state index contributed by atoms with van der Waals surface area (Å²) in [6.07, 6.45) is 1.13. The van der Waals surface area contributed by atoms with Crippen molar-refractivity contribution in [2.24, 2.45) is 0 Å². The number of aliphatic hydroxyl groups is 1. The Labute approximate surface area is 136 Å². The summed E-state index contributed by atoms with van der Waals surface area (Å²) in [6, 6.07) is 5.27. The highest BCUT2D eigenvalue weighted by Gasteiger charge is 2.14. The molecule has 1 aliphatic heterocycles. The fourth-order valence-corrected chi connectivity index (χ4v) is 2.95. The van der Waals surface area contributed by atoms with Crippen LogP contribution in [-0.2, 0) is 0 Å². The number of benzene rings is 1. The fraction of sp³-hybridized carbons (Fsp3) is 0.600. The molecule has 21 heavy (non-hydrogen) atoms. The van der Waals surface area contributed by atoms with E-state index in [1.807, 2.05) is 0 Å². The van der Waals surface area contributed by atoms with E-state index in [4.69, 9.17) is 33.0 Å². The third-order valence-electron chi connectivity index (χ3n) is 3.66. The van der Waals surface area contributed by atoms with Gasteiger partial charge >= 0.3 is 0 Å². The number of hydrogen-bond acceptors (Lipinski definition) is 4. The van der Waals surface area contributed by atoms with E-state index in [-0.39, 0.29) is 6.61 Å². The van der Waals surface area contributed by atoms with Crippen molar-refractivity contribution in [3.8, 4) is 5.75 Å². The second-order valence-corrected chi connectivity index (χ2v) is 6.03. The monoisotopic (exact) mass is 332 g/mol. The molecule has 0 aliphatic carbocycles. The van der Waals surface area contributed by atoms with Crippen LogP contribution in [0.4, 0.5) is 0 Å². The van der Waals surface area contributed by atoms with Crippen molar-refractivity contribution >= 4 is 23.2 Å². The van der Waals surface area contributed by atoms with Crippen LogP contribution in [0.15, 0.2) is 18.2 Å². The average molecular weight is 333 g/mol. The zero-order valence-electron chi connectivity index (χ0n) is 12.1. The number of halogens is 2. The van der Waals surface area contributed by atoms with E-state index in [2.05, 4.69) is 9.80 Å². The molecule has 1 heterocycles. The van der Waals surface area contributed by atoms with Gasteiger partial charge in [-0.05, 0) is 37.7 Å². The van der Waals surface area contributed by atoms with Crippen LogP contribution in [0.2, 0.25) is 10.0 Å². The van der Waals surface area contributed by atoms with E-state index < -0.39 is 0 Å². The van der Waals surface area contributed by atoms with Crippen LogP contribution in [0.3, 0.4) is 0 Å². The molecule has 0 saturated carbocycles. The van der Waals surface area contributed by atoms with Crippen molar-refractivity contribution < 1.29 is 9.84 Å². The largest absolute Gasteiger partial charge is 0.491 e. The normalized spacial score (nSPS) is 17.7. The predicted molar refractivity (Wildman–Crippen MR) is 86.5 cm³/mol. The van der Waals surface area contributed by atoms with Gasteiger partial charge in [-0.1, -0.05) is 23.2 Å². The fourth-order valence-electron chi connectivity index (χ4n) is 2.49. The van der Waals surface area contributed by atoms with Gasteiger partial charge in [-0.25, -0.2) is 0 Å². The second kappa shape index (κ2) is 8.81. The maximum absolute atomic E-state index is 8.99. The summed E-state index contributed by atoms with van der Waals surface area (Å²) in [5, 5.41) is 10.2. The Balaban J connectivity index is 1.73. The number of β-amino-alcohol motifs (C(OH)–C–C–N with tert-alkyl or cyclic N) is 1. The molecular weight excluding hydrogens is 311 g/mol. The van der Waals surface area contributed by atoms with Gasteiger partial charge in [0.2, 0.25) is 0 Å². The Bertz CT molecular complexity index is 446. The van der Waals surface area contributed by atoms with Crippen molar-refractivity contribution in [3.05, 3.63) is 28.2 Å². The van der Waals surface area contributed by atoms with Gasteiger partial charge in [0.25, 0.3) is 0 Å². The predicted octanol–water partition coefficient (Wildman–Crippen LogP) is 2.37. The summed E-state index contributed by atoms with van der Waals surface area (Å²) >= 11 is 11.9. The van der Waals surface area contributed by atoms with E-state index in [0.29, 0.717) is 22.4 Å². The molecule has 0 spiro atoms. The molecule has 1 aromatic rings. The molecule has 1 N–H and O–H groups in total. The molecule has 0 aromatic heterocycles. The molecular formula is C15H22Cl2N2O2. The van der Waals surface area contributed by atoms with Crippen LogP contribution in [-0.4, -0.2) is 67.4 Å². The first kappa shape index (κ1) is 16.8. The Hall–Kier alpha value is -0.520. The first-order chi connectivity index (χ1) is 10.2. The number of ether oxygens (including phenoxy) is 1. The third kappa shape index (κ3) is 5.64.